The van der Waals surface area contributed by atoms with E-state index in [-0.39, 0.29) is 5.41 Å². The second-order valence-corrected chi connectivity index (χ2v) is 5.99. The Bertz CT molecular complexity index is 558. The van der Waals surface area contributed by atoms with Crippen LogP contribution in [-0.2, 0) is 5.41 Å². The van der Waals surface area contributed by atoms with E-state index in [1.54, 1.807) is 6.20 Å². The predicted octanol–water partition coefficient (Wildman–Crippen LogP) is 2.75. The largest absolute Gasteiger partial charge is 0.369 e. The third-order valence-electron chi connectivity index (χ3n) is 2.55. The minimum absolute atomic E-state index is 0.0928. The summed E-state index contributed by atoms with van der Waals surface area (Å²) in [6, 6.07) is 0. The highest BCUT2D eigenvalue weighted by Gasteiger charge is 2.24. The summed E-state index contributed by atoms with van der Waals surface area (Å²) < 4.78 is 0.897. The average molecular weight is 325 g/mol. The Morgan fingerprint density at radius 1 is 1.32 bits per heavy atom. The average Bonchev–Trinajstić information content (AvgIpc) is 2.84. The van der Waals surface area contributed by atoms with Crippen molar-refractivity contribution < 1.29 is 0 Å². The Hall–Kier alpha value is -1.50. The van der Waals surface area contributed by atoms with E-state index < -0.39 is 0 Å². The van der Waals surface area contributed by atoms with Crippen LogP contribution >= 0.6 is 15.9 Å². The molecular weight excluding hydrogens is 308 g/mol. The zero-order valence-corrected chi connectivity index (χ0v) is 13.0. The SMILES string of the molecule is CCNc1nc(-c2cn[nH]n2)nc(C(C)(C)C)c1Br. The zero-order chi connectivity index (χ0) is 14.0. The summed E-state index contributed by atoms with van der Waals surface area (Å²) >= 11 is 3.58. The first kappa shape index (κ1) is 13.9. The maximum Gasteiger partial charge on any atom is 0.184 e. The van der Waals surface area contributed by atoms with Gasteiger partial charge in [0.2, 0.25) is 0 Å². The van der Waals surface area contributed by atoms with Crippen molar-refractivity contribution in [3.63, 3.8) is 0 Å². The van der Waals surface area contributed by atoms with Gasteiger partial charge in [-0.2, -0.15) is 15.4 Å². The van der Waals surface area contributed by atoms with E-state index in [1.807, 2.05) is 6.92 Å². The first-order valence-corrected chi connectivity index (χ1v) is 6.90. The Morgan fingerprint density at radius 3 is 2.58 bits per heavy atom. The van der Waals surface area contributed by atoms with Crippen molar-refractivity contribution in [2.24, 2.45) is 0 Å². The predicted molar refractivity (Wildman–Crippen MR) is 78.0 cm³/mol. The fraction of sp³-hybridized carbons (Fsp3) is 0.500. The third kappa shape index (κ3) is 2.91. The van der Waals surface area contributed by atoms with E-state index in [0.717, 1.165) is 22.5 Å². The van der Waals surface area contributed by atoms with Gasteiger partial charge in [0, 0.05) is 12.0 Å². The van der Waals surface area contributed by atoms with Gasteiger partial charge in [-0.25, -0.2) is 9.97 Å². The van der Waals surface area contributed by atoms with Crippen LogP contribution in [0.2, 0.25) is 0 Å². The summed E-state index contributed by atoms with van der Waals surface area (Å²) in [6.45, 7) is 9.16. The third-order valence-corrected chi connectivity index (χ3v) is 3.30. The van der Waals surface area contributed by atoms with Crippen LogP contribution in [0.25, 0.3) is 11.5 Å². The lowest BCUT2D eigenvalue weighted by atomic mass is 9.92. The van der Waals surface area contributed by atoms with Gasteiger partial charge in [0.15, 0.2) is 5.82 Å². The molecule has 19 heavy (non-hydrogen) atoms. The molecule has 2 aromatic heterocycles. The number of nitrogens with zero attached hydrogens (tertiary/aromatic N) is 4. The number of H-pyrrole nitrogens is 1. The molecule has 0 atom stereocenters. The number of hydrogen-bond acceptors (Lipinski definition) is 5. The van der Waals surface area contributed by atoms with Crippen molar-refractivity contribution in [2.45, 2.75) is 33.1 Å². The van der Waals surface area contributed by atoms with Crippen molar-refractivity contribution in [3.05, 3.63) is 16.4 Å². The van der Waals surface area contributed by atoms with Gasteiger partial charge in [-0.15, -0.1) is 0 Å². The summed E-state index contributed by atoms with van der Waals surface area (Å²) in [5.41, 5.74) is 1.48. The topological polar surface area (TPSA) is 79.4 Å². The zero-order valence-electron chi connectivity index (χ0n) is 11.5. The van der Waals surface area contributed by atoms with Crippen molar-refractivity contribution in [2.75, 3.05) is 11.9 Å². The number of rotatable bonds is 3. The lowest BCUT2D eigenvalue weighted by Gasteiger charge is -2.21. The van der Waals surface area contributed by atoms with Crippen LogP contribution in [0.5, 0.6) is 0 Å². The quantitative estimate of drug-likeness (QED) is 0.907. The van der Waals surface area contributed by atoms with Crippen LogP contribution in [0, 0.1) is 0 Å². The molecule has 7 heteroatoms. The van der Waals surface area contributed by atoms with Crippen LogP contribution < -0.4 is 5.32 Å². The molecule has 2 rings (SSSR count). The normalized spacial score (nSPS) is 11.6. The number of hydrogen-bond donors (Lipinski definition) is 2. The number of aromatic amines is 1. The lowest BCUT2D eigenvalue weighted by Crippen LogP contribution is -2.17. The molecule has 2 N–H and O–H groups in total. The number of aromatic nitrogens is 5. The second kappa shape index (κ2) is 5.24. The van der Waals surface area contributed by atoms with E-state index in [0.29, 0.717) is 11.5 Å². The molecule has 0 spiro atoms. The van der Waals surface area contributed by atoms with Gasteiger partial charge < -0.3 is 5.32 Å². The molecule has 102 valence electrons. The van der Waals surface area contributed by atoms with Crippen molar-refractivity contribution >= 4 is 21.7 Å². The van der Waals surface area contributed by atoms with E-state index in [1.165, 1.54) is 0 Å². The van der Waals surface area contributed by atoms with Crippen LogP contribution in [0.15, 0.2) is 10.7 Å². The Kier molecular flexibility index (Phi) is 3.84. The van der Waals surface area contributed by atoms with Gasteiger partial charge >= 0.3 is 0 Å². The fourth-order valence-electron chi connectivity index (χ4n) is 1.65. The van der Waals surface area contributed by atoms with Crippen molar-refractivity contribution in [3.8, 4) is 11.5 Å². The molecule has 0 bridgehead atoms. The molecule has 0 amide bonds. The van der Waals surface area contributed by atoms with Gasteiger partial charge in [0.25, 0.3) is 0 Å². The molecule has 0 aliphatic heterocycles. The summed E-state index contributed by atoms with van der Waals surface area (Å²) in [6.07, 6.45) is 1.62. The molecule has 0 aliphatic carbocycles. The molecule has 2 aromatic rings. The van der Waals surface area contributed by atoms with Crippen molar-refractivity contribution in [1.82, 2.24) is 25.4 Å². The van der Waals surface area contributed by atoms with Gasteiger partial charge in [-0.3, -0.25) is 0 Å². The summed E-state index contributed by atoms with van der Waals surface area (Å²) in [4.78, 5) is 9.10. The molecule has 6 nitrogen and oxygen atoms in total. The second-order valence-electron chi connectivity index (χ2n) is 5.19. The van der Waals surface area contributed by atoms with Crippen LogP contribution in [0.4, 0.5) is 5.82 Å². The van der Waals surface area contributed by atoms with Gasteiger partial charge in [0.05, 0.1) is 16.4 Å². The summed E-state index contributed by atoms with van der Waals surface area (Å²) in [5, 5.41) is 13.7. The highest BCUT2D eigenvalue weighted by Crippen LogP contribution is 2.33. The van der Waals surface area contributed by atoms with Crippen LogP contribution in [0.3, 0.4) is 0 Å². The molecule has 0 saturated heterocycles. The van der Waals surface area contributed by atoms with Gasteiger partial charge in [0.1, 0.15) is 11.5 Å². The van der Waals surface area contributed by atoms with Crippen LogP contribution in [0.1, 0.15) is 33.4 Å². The molecular formula is C12H17BrN6. The summed E-state index contributed by atoms with van der Waals surface area (Å²) in [5.74, 6) is 1.35. The minimum Gasteiger partial charge on any atom is -0.369 e. The fourth-order valence-corrected chi connectivity index (χ4v) is 2.56. The number of nitrogens with one attached hydrogen (secondary N) is 2. The smallest absolute Gasteiger partial charge is 0.184 e. The van der Waals surface area contributed by atoms with E-state index in [2.05, 4.69) is 67.4 Å². The van der Waals surface area contributed by atoms with E-state index >= 15 is 0 Å². The highest BCUT2D eigenvalue weighted by atomic mass is 79.9. The van der Waals surface area contributed by atoms with Crippen molar-refractivity contribution in [1.29, 1.82) is 0 Å². The highest BCUT2D eigenvalue weighted by molar-refractivity contribution is 9.10. The molecule has 0 saturated carbocycles. The number of anilines is 1. The maximum atomic E-state index is 4.61. The van der Waals surface area contributed by atoms with Gasteiger partial charge in [-0.05, 0) is 22.9 Å². The molecule has 0 fully saturated rings. The molecule has 0 aliphatic rings. The monoisotopic (exact) mass is 324 g/mol. The molecule has 0 radical (unpaired) electrons. The summed E-state index contributed by atoms with van der Waals surface area (Å²) in [7, 11) is 0. The molecule has 2 heterocycles. The standard InChI is InChI=1S/C12H17BrN6/c1-5-14-11-8(13)9(12(2,3)4)16-10(17-11)7-6-15-19-18-7/h6H,5H2,1-4H3,(H,14,16,17)(H,15,18,19). The first-order chi connectivity index (χ1) is 8.93. The lowest BCUT2D eigenvalue weighted by molar-refractivity contribution is 0.564. The maximum absolute atomic E-state index is 4.61. The minimum atomic E-state index is -0.0928. The Morgan fingerprint density at radius 2 is 2.05 bits per heavy atom. The van der Waals surface area contributed by atoms with E-state index in [4.69, 9.17) is 0 Å². The van der Waals surface area contributed by atoms with Crippen LogP contribution in [-0.4, -0.2) is 31.9 Å². The van der Waals surface area contributed by atoms with E-state index in [9.17, 15) is 0 Å². The first-order valence-electron chi connectivity index (χ1n) is 6.11. The Balaban J connectivity index is 2.61. The Labute approximate surface area is 120 Å². The molecule has 0 aromatic carbocycles. The van der Waals surface area contributed by atoms with Gasteiger partial charge in [-0.1, -0.05) is 20.8 Å². The molecule has 0 unspecified atom stereocenters. The number of halogens is 1.